The van der Waals surface area contributed by atoms with Gasteiger partial charge in [0, 0.05) is 6.04 Å². The van der Waals surface area contributed by atoms with Crippen LogP contribution in [0.1, 0.15) is 43.7 Å². The van der Waals surface area contributed by atoms with Crippen LogP contribution in [0.2, 0.25) is 0 Å². The summed E-state index contributed by atoms with van der Waals surface area (Å²) in [6.45, 7) is 5.68. The summed E-state index contributed by atoms with van der Waals surface area (Å²) in [6, 6.07) is 9.80. The topological polar surface area (TPSA) is 12.0 Å². The number of benzene rings is 1. The molecular weight excluding hydrogens is 182 g/mol. The molecular formula is C14H21N. The summed E-state index contributed by atoms with van der Waals surface area (Å²) in [6.07, 6.45) is 3.72. The van der Waals surface area contributed by atoms with Crippen molar-refractivity contribution in [3.63, 3.8) is 0 Å². The molecule has 2 atom stereocenters. The lowest BCUT2D eigenvalue weighted by molar-refractivity contribution is 0.381. The number of piperidine rings is 1. The van der Waals surface area contributed by atoms with Gasteiger partial charge in [0.05, 0.1) is 0 Å². The Labute approximate surface area is 92.9 Å². The smallest absolute Gasteiger partial charge is 0.00445 e. The van der Waals surface area contributed by atoms with E-state index in [1.807, 2.05) is 0 Å². The van der Waals surface area contributed by atoms with Crippen molar-refractivity contribution in [2.45, 2.75) is 45.1 Å². The van der Waals surface area contributed by atoms with Crippen LogP contribution in [0.4, 0.5) is 0 Å². The molecule has 1 nitrogen and oxygen atoms in total. The zero-order chi connectivity index (χ0) is 10.7. The van der Waals surface area contributed by atoms with Gasteiger partial charge in [-0.3, -0.25) is 0 Å². The van der Waals surface area contributed by atoms with Crippen LogP contribution in [0.15, 0.2) is 24.3 Å². The van der Waals surface area contributed by atoms with Gasteiger partial charge in [-0.05, 0) is 49.8 Å². The Kier molecular flexibility index (Phi) is 3.42. The first-order valence-electron chi connectivity index (χ1n) is 6.12. The van der Waals surface area contributed by atoms with Crippen molar-refractivity contribution in [2.24, 2.45) is 0 Å². The SMILES string of the molecule is CCc1cccc(C2CCNC(C)C2)c1. The lowest BCUT2D eigenvalue weighted by atomic mass is 9.86. The van der Waals surface area contributed by atoms with Gasteiger partial charge >= 0.3 is 0 Å². The summed E-state index contributed by atoms with van der Waals surface area (Å²) in [5, 5.41) is 3.51. The molecule has 0 saturated carbocycles. The number of rotatable bonds is 2. The van der Waals surface area contributed by atoms with Gasteiger partial charge in [0.25, 0.3) is 0 Å². The van der Waals surface area contributed by atoms with Gasteiger partial charge in [-0.15, -0.1) is 0 Å². The molecule has 1 heterocycles. The highest BCUT2D eigenvalue weighted by Gasteiger charge is 2.19. The van der Waals surface area contributed by atoms with E-state index in [-0.39, 0.29) is 0 Å². The fraction of sp³-hybridized carbons (Fsp3) is 0.571. The fourth-order valence-electron chi connectivity index (χ4n) is 2.50. The number of nitrogens with one attached hydrogen (secondary N) is 1. The van der Waals surface area contributed by atoms with Gasteiger partial charge in [0.2, 0.25) is 0 Å². The van der Waals surface area contributed by atoms with E-state index in [0.29, 0.717) is 6.04 Å². The molecule has 1 fully saturated rings. The van der Waals surface area contributed by atoms with Crippen LogP contribution in [0.3, 0.4) is 0 Å². The van der Waals surface area contributed by atoms with E-state index in [1.165, 1.54) is 24.9 Å². The van der Waals surface area contributed by atoms with E-state index >= 15 is 0 Å². The second kappa shape index (κ2) is 4.80. The normalized spacial score (nSPS) is 26.5. The highest BCUT2D eigenvalue weighted by atomic mass is 14.9. The number of hydrogen-bond donors (Lipinski definition) is 1. The zero-order valence-corrected chi connectivity index (χ0v) is 9.79. The summed E-state index contributed by atoms with van der Waals surface area (Å²) in [5.74, 6) is 0.771. The minimum absolute atomic E-state index is 0.675. The maximum Gasteiger partial charge on any atom is 0.00445 e. The van der Waals surface area contributed by atoms with Gasteiger partial charge in [-0.25, -0.2) is 0 Å². The van der Waals surface area contributed by atoms with Crippen molar-refractivity contribution in [2.75, 3.05) is 6.54 Å². The predicted molar refractivity (Wildman–Crippen MR) is 65.3 cm³/mol. The summed E-state index contributed by atoms with van der Waals surface area (Å²) < 4.78 is 0. The minimum Gasteiger partial charge on any atom is -0.314 e. The second-order valence-electron chi connectivity index (χ2n) is 4.68. The van der Waals surface area contributed by atoms with Crippen molar-refractivity contribution in [1.29, 1.82) is 0 Å². The molecule has 82 valence electrons. The molecule has 1 N–H and O–H groups in total. The van der Waals surface area contributed by atoms with E-state index < -0.39 is 0 Å². The second-order valence-corrected chi connectivity index (χ2v) is 4.68. The molecule has 0 aromatic heterocycles. The number of hydrogen-bond acceptors (Lipinski definition) is 1. The maximum absolute atomic E-state index is 3.51. The van der Waals surface area contributed by atoms with Crippen molar-refractivity contribution >= 4 is 0 Å². The Morgan fingerprint density at radius 2 is 2.27 bits per heavy atom. The minimum atomic E-state index is 0.675. The average molecular weight is 203 g/mol. The third-order valence-corrected chi connectivity index (χ3v) is 3.45. The van der Waals surface area contributed by atoms with E-state index in [4.69, 9.17) is 0 Å². The average Bonchev–Trinajstić information content (AvgIpc) is 2.29. The van der Waals surface area contributed by atoms with Crippen LogP contribution < -0.4 is 5.32 Å². The molecule has 1 saturated heterocycles. The summed E-state index contributed by atoms with van der Waals surface area (Å²) in [5.41, 5.74) is 3.02. The van der Waals surface area contributed by atoms with Crippen molar-refractivity contribution < 1.29 is 0 Å². The lowest BCUT2D eigenvalue weighted by Gasteiger charge is -2.28. The third-order valence-electron chi connectivity index (χ3n) is 3.45. The molecule has 2 rings (SSSR count). The Bertz CT molecular complexity index is 319. The summed E-state index contributed by atoms with van der Waals surface area (Å²) in [7, 11) is 0. The standard InChI is InChI=1S/C14H21N/c1-3-12-5-4-6-13(10-12)14-7-8-15-11(2)9-14/h4-6,10-11,14-15H,3,7-9H2,1-2H3. The maximum atomic E-state index is 3.51. The molecule has 0 aliphatic carbocycles. The van der Waals surface area contributed by atoms with Crippen LogP contribution in [-0.4, -0.2) is 12.6 Å². The highest BCUT2D eigenvalue weighted by molar-refractivity contribution is 5.27. The zero-order valence-electron chi connectivity index (χ0n) is 9.79. The molecule has 2 unspecified atom stereocenters. The van der Waals surface area contributed by atoms with Gasteiger partial charge in [-0.1, -0.05) is 31.2 Å². The van der Waals surface area contributed by atoms with Gasteiger partial charge in [-0.2, -0.15) is 0 Å². The van der Waals surface area contributed by atoms with Crippen molar-refractivity contribution in [1.82, 2.24) is 5.32 Å². The molecule has 1 aromatic carbocycles. The molecule has 15 heavy (non-hydrogen) atoms. The largest absolute Gasteiger partial charge is 0.314 e. The van der Waals surface area contributed by atoms with Crippen LogP contribution in [0.5, 0.6) is 0 Å². The Morgan fingerprint density at radius 1 is 1.40 bits per heavy atom. The van der Waals surface area contributed by atoms with Gasteiger partial charge in [0.1, 0.15) is 0 Å². The first-order valence-corrected chi connectivity index (χ1v) is 6.12. The quantitative estimate of drug-likeness (QED) is 0.779. The van der Waals surface area contributed by atoms with E-state index in [0.717, 1.165) is 12.3 Å². The van der Waals surface area contributed by atoms with Crippen LogP contribution in [0, 0.1) is 0 Å². The Morgan fingerprint density at radius 3 is 3.00 bits per heavy atom. The van der Waals surface area contributed by atoms with Gasteiger partial charge in [0.15, 0.2) is 0 Å². The molecule has 0 spiro atoms. The third kappa shape index (κ3) is 2.60. The molecule has 1 heteroatoms. The first kappa shape index (κ1) is 10.7. The van der Waals surface area contributed by atoms with Gasteiger partial charge < -0.3 is 5.32 Å². The van der Waals surface area contributed by atoms with E-state index in [9.17, 15) is 0 Å². The monoisotopic (exact) mass is 203 g/mol. The van der Waals surface area contributed by atoms with E-state index in [2.05, 4.69) is 43.4 Å². The summed E-state index contributed by atoms with van der Waals surface area (Å²) >= 11 is 0. The van der Waals surface area contributed by atoms with Crippen LogP contribution >= 0.6 is 0 Å². The molecule has 1 aliphatic heterocycles. The predicted octanol–water partition coefficient (Wildman–Crippen LogP) is 3.10. The molecule has 0 bridgehead atoms. The Hall–Kier alpha value is -0.820. The van der Waals surface area contributed by atoms with Crippen LogP contribution in [0.25, 0.3) is 0 Å². The molecule has 1 aliphatic rings. The number of aryl methyl sites for hydroxylation is 1. The lowest BCUT2D eigenvalue weighted by Crippen LogP contribution is -2.34. The van der Waals surface area contributed by atoms with Crippen molar-refractivity contribution in [3.05, 3.63) is 35.4 Å². The molecule has 0 radical (unpaired) electrons. The van der Waals surface area contributed by atoms with E-state index in [1.54, 1.807) is 5.56 Å². The highest BCUT2D eigenvalue weighted by Crippen LogP contribution is 2.28. The fourth-order valence-corrected chi connectivity index (χ4v) is 2.50. The molecule has 1 aromatic rings. The molecule has 0 amide bonds. The van der Waals surface area contributed by atoms with Crippen molar-refractivity contribution in [3.8, 4) is 0 Å². The first-order chi connectivity index (χ1) is 7.29. The van der Waals surface area contributed by atoms with Crippen LogP contribution in [-0.2, 0) is 6.42 Å². The summed E-state index contributed by atoms with van der Waals surface area (Å²) in [4.78, 5) is 0. The Balaban J connectivity index is 2.13.